The molecule has 0 aliphatic heterocycles. The predicted octanol–water partition coefficient (Wildman–Crippen LogP) is 0.992. The minimum absolute atomic E-state index is 0.307. The van der Waals surface area contributed by atoms with Gasteiger partial charge in [0.2, 0.25) is 0 Å². The number of nitrogens with one attached hydrogen (secondary N) is 2. The molecule has 27 heavy (non-hydrogen) atoms. The number of esters is 1. The van der Waals surface area contributed by atoms with E-state index in [0.29, 0.717) is 18.6 Å². The Morgan fingerprint density at radius 3 is 2.33 bits per heavy atom. The van der Waals surface area contributed by atoms with E-state index in [-0.39, 0.29) is 12.2 Å². The molecule has 146 valence electrons. The van der Waals surface area contributed by atoms with Crippen LogP contribution in [-0.4, -0.2) is 40.2 Å². The summed E-state index contributed by atoms with van der Waals surface area (Å²) in [4.78, 5) is 47.6. The van der Waals surface area contributed by atoms with Crippen LogP contribution in [0.2, 0.25) is 0 Å². The molecule has 2 N–H and O–H groups in total. The zero-order valence-corrected chi connectivity index (χ0v) is 15.5. The second-order valence-corrected chi connectivity index (χ2v) is 5.97. The van der Waals surface area contributed by atoms with Gasteiger partial charge in [0.1, 0.15) is 6.54 Å². The molecule has 9 nitrogen and oxygen atoms in total. The van der Waals surface area contributed by atoms with Crippen molar-refractivity contribution in [2.75, 3.05) is 13.2 Å². The fourth-order valence-electron chi connectivity index (χ4n) is 2.63. The maximum absolute atomic E-state index is 12.6. The third kappa shape index (κ3) is 5.19. The smallest absolute Gasteiger partial charge is 0.329 e. The van der Waals surface area contributed by atoms with Crippen LogP contribution in [0.5, 0.6) is 0 Å². The summed E-state index contributed by atoms with van der Waals surface area (Å²) in [6.07, 6.45) is 1.51. The van der Waals surface area contributed by atoms with E-state index < -0.39 is 24.5 Å². The number of para-hydroxylation sites is 2. The molecular weight excluding hydrogens is 352 g/mol. The molecule has 1 aromatic carbocycles. The lowest BCUT2D eigenvalue weighted by Gasteiger charge is -2.07. The summed E-state index contributed by atoms with van der Waals surface area (Å²) in [5.74, 6) is -1.47. The summed E-state index contributed by atoms with van der Waals surface area (Å²) < 4.78 is 7.81. The van der Waals surface area contributed by atoms with Gasteiger partial charge in [0.25, 0.3) is 5.91 Å². The van der Waals surface area contributed by atoms with Gasteiger partial charge < -0.3 is 10.1 Å². The number of benzene rings is 1. The van der Waals surface area contributed by atoms with Crippen molar-refractivity contribution in [3.8, 4) is 0 Å². The van der Waals surface area contributed by atoms with Gasteiger partial charge in [0, 0.05) is 13.1 Å². The molecule has 1 aromatic heterocycles. The first-order chi connectivity index (χ1) is 13.0. The number of aryl methyl sites for hydroxylation is 1. The normalized spacial score (nSPS) is 10.6. The zero-order valence-electron chi connectivity index (χ0n) is 15.5. The lowest BCUT2D eigenvalue weighted by Crippen LogP contribution is -2.41. The molecule has 0 saturated carbocycles. The Hall–Kier alpha value is -3.10. The molecule has 0 saturated heterocycles. The Labute approximate surface area is 156 Å². The number of urea groups is 1. The number of aromatic nitrogens is 2. The molecule has 0 radical (unpaired) electrons. The highest BCUT2D eigenvalue weighted by molar-refractivity contribution is 5.95. The van der Waals surface area contributed by atoms with Gasteiger partial charge >= 0.3 is 17.7 Å². The van der Waals surface area contributed by atoms with Crippen molar-refractivity contribution in [1.82, 2.24) is 19.8 Å². The predicted molar refractivity (Wildman–Crippen MR) is 99.3 cm³/mol. The third-order valence-electron chi connectivity index (χ3n) is 3.81. The van der Waals surface area contributed by atoms with E-state index in [4.69, 9.17) is 4.74 Å². The van der Waals surface area contributed by atoms with Gasteiger partial charge in [0.05, 0.1) is 11.0 Å². The second kappa shape index (κ2) is 9.56. The molecule has 0 bridgehead atoms. The van der Waals surface area contributed by atoms with E-state index in [1.807, 2.05) is 26.0 Å². The monoisotopic (exact) mass is 376 g/mol. The van der Waals surface area contributed by atoms with Crippen LogP contribution in [-0.2, 0) is 27.4 Å². The lowest BCUT2D eigenvalue weighted by atomic mass is 10.3. The van der Waals surface area contributed by atoms with Gasteiger partial charge in [-0.3, -0.25) is 24.0 Å². The highest BCUT2D eigenvalue weighted by atomic mass is 16.5. The minimum atomic E-state index is -0.738. The number of ether oxygens (including phenoxy) is 1. The van der Waals surface area contributed by atoms with E-state index >= 15 is 0 Å². The van der Waals surface area contributed by atoms with Crippen molar-refractivity contribution in [2.45, 2.75) is 39.8 Å². The summed E-state index contributed by atoms with van der Waals surface area (Å²) in [6, 6.07) is 6.53. The Morgan fingerprint density at radius 1 is 1.04 bits per heavy atom. The molecule has 0 atom stereocenters. The SMILES string of the molecule is CCCNC(=O)NC(=O)COC(=O)Cn1c(=O)n(CCC)c2ccccc21. The minimum Gasteiger partial charge on any atom is -0.454 e. The zero-order chi connectivity index (χ0) is 19.8. The van der Waals surface area contributed by atoms with Crippen molar-refractivity contribution >= 4 is 28.9 Å². The van der Waals surface area contributed by atoms with Gasteiger partial charge in [-0.05, 0) is 25.0 Å². The largest absolute Gasteiger partial charge is 0.454 e. The van der Waals surface area contributed by atoms with Crippen LogP contribution >= 0.6 is 0 Å². The van der Waals surface area contributed by atoms with Crippen molar-refractivity contribution in [2.24, 2.45) is 0 Å². The van der Waals surface area contributed by atoms with Gasteiger partial charge in [-0.15, -0.1) is 0 Å². The van der Waals surface area contributed by atoms with E-state index in [1.54, 1.807) is 16.7 Å². The number of hydrogen-bond donors (Lipinski definition) is 2. The van der Waals surface area contributed by atoms with Crippen LogP contribution in [0.3, 0.4) is 0 Å². The fourth-order valence-corrected chi connectivity index (χ4v) is 2.63. The molecule has 9 heteroatoms. The number of hydrogen-bond acceptors (Lipinski definition) is 5. The number of carbonyl (C=O) groups is 3. The first-order valence-electron chi connectivity index (χ1n) is 8.89. The van der Waals surface area contributed by atoms with Crippen molar-refractivity contribution in [3.05, 3.63) is 34.7 Å². The molecule has 2 aromatic rings. The third-order valence-corrected chi connectivity index (χ3v) is 3.81. The molecule has 0 aliphatic carbocycles. The Kier molecular flexibility index (Phi) is 7.16. The number of nitrogens with zero attached hydrogens (tertiary/aromatic N) is 2. The fraction of sp³-hybridized carbons (Fsp3) is 0.444. The molecular formula is C18H24N4O5. The van der Waals surface area contributed by atoms with Crippen molar-refractivity contribution < 1.29 is 19.1 Å². The van der Waals surface area contributed by atoms with Crippen LogP contribution in [0.1, 0.15) is 26.7 Å². The second-order valence-electron chi connectivity index (χ2n) is 5.97. The van der Waals surface area contributed by atoms with E-state index in [2.05, 4.69) is 10.6 Å². The molecule has 0 fully saturated rings. The van der Waals surface area contributed by atoms with E-state index in [1.165, 1.54) is 4.57 Å². The van der Waals surface area contributed by atoms with Crippen LogP contribution in [0.25, 0.3) is 11.0 Å². The Balaban J connectivity index is 2.00. The van der Waals surface area contributed by atoms with Crippen LogP contribution in [0.15, 0.2) is 29.1 Å². The molecule has 1 heterocycles. The summed E-state index contributed by atoms with van der Waals surface area (Å²) in [5.41, 5.74) is 1.05. The van der Waals surface area contributed by atoms with Gasteiger partial charge in [0.15, 0.2) is 6.61 Å². The number of fused-ring (bicyclic) bond motifs is 1. The van der Waals surface area contributed by atoms with Gasteiger partial charge in [-0.1, -0.05) is 26.0 Å². The number of imide groups is 1. The van der Waals surface area contributed by atoms with E-state index in [0.717, 1.165) is 18.4 Å². The number of imidazole rings is 1. The summed E-state index contributed by atoms with van der Waals surface area (Å²) in [7, 11) is 0. The highest BCUT2D eigenvalue weighted by Crippen LogP contribution is 2.13. The van der Waals surface area contributed by atoms with Crippen LogP contribution in [0, 0.1) is 0 Å². The Bertz CT molecular complexity index is 883. The lowest BCUT2D eigenvalue weighted by molar-refractivity contribution is -0.148. The maximum atomic E-state index is 12.6. The van der Waals surface area contributed by atoms with E-state index in [9.17, 15) is 19.2 Å². The average Bonchev–Trinajstić information content (AvgIpc) is 2.91. The standard InChI is InChI=1S/C18H24N4O5/c1-3-9-19-17(25)20-15(23)12-27-16(24)11-22-14-8-6-5-7-13(14)21(10-4-2)18(22)26/h5-8H,3-4,9-12H2,1-2H3,(H2,19,20,23,25). The maximum Gasteiger partial charge on any atom is 0.329 e. The molecule has 3 amide bonds. The van der Waals surface area contributed by atoms with Gasteiger partial charge in [-0.25, -0.2) is 9.59 Å². The topological polar surface area (TPSA) is 111 Å². The first kappa shape index (κ1) is 20.2. The molecule has 0 spiro atoms. The van der Waals surface area contributed by atoms with Crippen molar-refractivity contribution in [1.29, 1.82) is 0 Å². The van der Waals surface area contributed by atoms with Crippen LogP contribution in [0.4, 0.5) is 4.79 Å². The number of carbonyl (C=O) groups excluding carboxylic acids is 3. The highest BCUT2D eigenvalue weighted by Gasteiger charge is 2.16. The van der Waals surface area contributed by atoms with Gasteiger partial charge in [-0.2, -0.15) is 0 Å². The van der Waals surface area contributed by atoms with Crippen LogP contribution < -0.4 is 16.3 Å². The summed E-state index contributed by atoms with van der Waals surface area (Å²) >= 11 is 0. The molecule has 2 rings (SSSR count). The summed E-state index contributed by atoms with van der Waals surface area (Å²) in [5, 5.41) is 4.53. The first-order valence-corrected chi connectivity index (χ1v) is 8.89. The molecule has 0 unspecified atom stereocenters. The average molecular weight is 376 g/mol. The van der Waals surface area contributed by atoms with Crippen molar-refractivity contribution in [3.63, 3.8) is 0 Å². The summed E-state index contributed by atoms with van der Waals surface area (Å²) in [6.45, 7) is 3.90. The quantitative estimate of drug-likeness (QED) is 0.668. The molecule has 0 aliphatic rings. The number of amides is 3. The Morgan fingerprint density at radius 2 is 1.70 bits per heavy atom. The number of rotatable bonds is 8.